The molecule has 0 spiro atoms. The highest BCUT2D eigenvalue weighted by Gasteiger charge is 2.25. The molecule has 3 N–H and O–H groups in total. The highest BCUT2D eigenvalue weighted by Crippen LogP contribution is 2.36. The summed E-state index contributed by atoms with van der Waals surface area (Å²) in [5.74, 6) is 0.843. The van der Waals surface area contributed by atoms with E-state index in [0.717, 1.165) is 30.6 Å². The van der Waals surface area contributed by atoms with Crippen molar-refractivity contribution in [3.63, 3.8) is 0 Å². The minimum absolute atomic E-state index is 0.280. The van der Waals surface area contributed by atoms with Crippen LogP contribution in [0.4, 0.5) is 0 Å². The first kappa shape index (κ1) is 9.19. The molecule has 0 bridgehead atoms. The Morgan fingerprint density at radius 3 is 3.07 bits per heavy atom. The molecule has 0 radical (unpaired) electrons. The van der Waals surface area contributed by atoms with Crippen molar-refractivity contribution >= 4 is 0 Å². The molecule has 0 aromatic heterocycles. The van der Waals surface area contributed by atoms with E-state index in [4.69, 9.17) is 10.5 Å². The highest BCUT2D eigenvalue weighted by molar-refractivity contribution is 5.47. The molecule has 1 heterocycles. The van der Waals surface area contributed by atoms with Crippen molar-refractivity contribution in [2.75, 3.05) is 6.61 Å². The monoisotopic (exact) mass is 205 g/mol. The lowest BCUT2D eigenvalue weighted by Gasteiger charge is -2.22. The number of benzene rings is 1. The van der Waals surface area contributed by atoms with E-state index < -0.39 is 6.10 Å². The van der Waals surface area contributed by atoms with Gasteiger partial charge in [-0.3, -0.25) is 0 Å². The molecule has 15 heavy (non-hydrogen) atoms. The van der Waals surface area contributed by atoms with Crippen molar-refractivity contribution in [2.45, 2.75) is 31.4 Å². The van der Waals surface area contributed by atoms with Crippen molar-refractivity contribution in [1.29, 1.82) is 0 Å². The number of hydrogen-bond donors (Lipinski definition) is 2. The van der Waals surface area contributed by atoms with Gasteiger partial charge in [-0.2, -0.15) is 0 Å². The Morgan fingerprint density at radius 2 is 2.20 bits per heavy atom. The summed E-state index contributed by atoms with van der Waals surface area (Å²) in [5.41, 5.74) is 9.51. The Labute approximate surface area is 88.9 Å². The summed E-state index contributed by atoms with van der Waals surface area (Å²) in [6.07, 6.45) is 2.56. The second-order valence-corrected chi connectivity index (χ2v) is 4.49. The van der Waals surface area contributed by atoms with E-state index in [9.17, 15) is 5.11 Å². The summed E-state index contributed by atoms with van der Waals surface area (Å²) in [6, 6.07) is 4.43. The van der Waals surface area contributed by atoms with Crippen LogP contribution in [-0.2, 0) is 12.8 Å². The van der Waals surface area contributed by atoms with E-state index in [1.807, 2.05) is 0 Å². The topological polar surface area (TPSA) is 55.5 Å². The van der Waals surface area contributed by atoms with Crippen LogP contribution in [0.25, 0.3) is 0 Å². The molecular weight excluding hydrogens is 190 g/mol. The fourth-order valence-electron chi connectivity index (χ4n) is 2.48. The lowest BCUT2D eigenvalue weighted by molar-refractivity contribution is 0.140. The van der Waals surface area contributed by atoms with E-state index in [2.05, 4.69) is 12.1 Å². The second kappa shape index (κ2) is 3.22. The van der Waals surface area contributed by atoms with E-state index in [0.29, 0.717) is 6.61 Å². The van der Waals surface area contributed by atoms with Crippen molar-refractivity contribution in [1.82, 2.24) is 0 Å². The summed E-state index contributed by atoms with van der Waals surface area (Å²) < 4.78 is 5.42. The van der Waals surface area contributed by atoms with Crippen LogP contribution < -0.4 is 10.5 Å². The van der Waals surface area contributed by atoms with Gasteiger partial charge in [0.2, 0.25) is 0 Å². The fraction of sp³-hybridized carbons (Fsp3) is 0.500. The number of aliphatic hydroxyl groups excluding tert-OH is 1. The number of ether oxygens (including phenoxy) is 1. The van der Waals surface area contributed by atoms with Crippen LogP contribution in [0.3, 0.4) is 0 Å². The first-order chi connectivity index (χ1) is 7.24. The van der Waals surface area contributed by atoms with E-state index in [-0.39, 0.29) is 6.04 Å². The predicted molar refractivity (Wildman–Crippen MR) is 56.9 cm³/mol. The lowest BCUT2D eigenvalue weighted by atomic mass is 9.87. The third-order valence-electron chi connectivity index (χ3n) is 3.35. The third-order valence-corrected chi connectivity index (χ3v) is 3.35. The van der Waals surface area contributed by atoms with Gasteiger partial charge in [0.1, 0.15) is 18.5 Å². The molecule has 1 aromatic carbocycles. The van der Waals surface area contributed by atoms with Gasteiger partial charge in [-0.25, -0.2) is 0 Å². The summed E-state index contributed by atoms with van der Waals surface area (Å²) in [7, 11) is 0. The maximum Gasteiger partial charge on any atom is 0.125 e. The molecule has 0 amide bonds. The Balaban J connectivity index is 2.06. The maximum absolute atomic E-state index is 9.69. The number of hydrogen-bond acceptors (Lipinski definition) is 3. The minimum Gasteiger partial charge on any atom is -0.490 e. The molecule has 80 valence electrons. The largest absolute Gasteiger partial charge is 0.490 e. The quantitative estimate of drug-likeness (QED) is 0.662. The normalized spacial score (nSPS) is 28.1. The van der Waals surface area contributed by atoms with E-state index >= 15 is 0 Å². The Hall–Kier alpha value is -1.06. The molecule has 0 saturated heterocycles. The molecule has 1 aliphatic heterocycles. The van der Waals surface area contributed by atoms with Gasteiger partial charge in [0, 0.05) is 11.6 Å². The van der Waals surface area contributed by atoms with E-state index in [1.165, 1.54) is 11.1 Å². The van der Waals surface area contributed by atoms with Gasteiger partial charge in [0.05, 0.1) is 0 Å². The average molecular weight is 205 g/mol. The Bertz CT molecular complexity index is 403. The number of aliphatic hydroxyl groups is 1. The van der Waals surface area contributed by atoms with Crippen molar-refractivity contribution in [3.8, 4) is 5.75 Å². The lowest BCUT2D eigenvalue weighted by Crippen LogP contribution is -2.27. The number of rotatable bonds is 0. The van der Waals surface area contributed by atoms with Crippen LogP contribution in [0.15, 0.2) is 12.1 Å². The number of aryl methyl sites for hydroxylation is 1. The van der Waals surface area contributed by atoms with Crippen LogP contribution in [0, 0.1) is 0 Å². The van der Waals surface area contributed by atoms with Gasteiger partial charge in [-0.15, -0.1) is 0 Å². The zero-order chi connectivity index (χ0) is 10.4. The molecule has 0 fully saturated rings. The van der Waals surface area contributed by atoms with Gasteiger partial charge in [0.15, 0.2) is 0 Å². The molecule has 1 aliphatic carbocycles. The molecule has 3 nitrogen and oxygen atoms in total. The molecule has 3 rings (SSSR count). The zero-order valence-electron chi connectivity index (χ0n) is 8.57. The second-order valence-electron chi connectivity index (χ2n) is 4.49. The van der Waals surface area contributed by atoms with Gasteiger partial charge in [-0.1, -0.05) is 0 Å². The standard InChI is InChI=1S/C12H15NO2/c13-9-2-1-7-4-10-11(14)6-15-12(10)5-8(7)3-9/h4-5,9,11,14H,1-3,6,13H2. The van der Waals surface area contributed by atoms with Gasteiger partial charge in [-0.05, 0) is 42.5 Å². The summed E-state index contributed by atoms with van der Waals surface area (Å²) in [6.45, 7) is 0.393. The molecule has 2 unspecified atom stereocenters. The highest BCUT2D eigenvalue weighted by atomic mass is 16.5. The van der Waals surface area contributed by atoms with Crippen LogP contribution in [0.2, 0.25) is 0 Å². The van der Waals surface area contributed by atoms with Crippen LogP contribution >= 0.6 is 0 Å². The summed E-state index contributed by atoms with van der Waals surface area (Å²) in [4.78, 5) is 0. The average Bonchev–Trinajstić information content (AvgIpc) is 2.57. The number of fused-ring (bicyclic) bond motifs is 2. The van der Waals surface area contributed by atoms with Crippen LogP contribution in [-0.4, -0.2) is 17.8 Å². The SMILES string of the molecule is NC1CCc2cc3c(cc2C1)OCC3O. The van der Waals surface area contributed by atoms with Gasteiger partial charge in [0.25, 0.3) is 0 Å². The van der Waals surface area contributed by atoms with Gasteiger partial charge < -0.3 is 15.6 Å². The third kappa shape index (κ3) is 1.43. The van der Waals surface area contributed by atoms with Crippen molar-refractivity contribution < 1.29 is 9.84 Å². The molecule has 2 atom stereocenters. The molecular formula is C12H15NO2. The maximum atomic E-state index is 9.69. The van der Waals surface area contributed by atoms with Crippen LogP contribution in [0.1, 0.15) is 29.2 Å². The van der Waals surface area contributed by atoms with E-state index in [1.54, 1.807) is 0 Å². The fourth-order valence-corrected chi connectivity index (χ4v) is 2.48. The van der Waals surface area contributed by atoms with Gasteiger partial charge >= 0.3 is 0 Å². The van der Waals surface area contributed by atoms with Crippen molar-refractivity contribution in [2.24, 2.45) is 5.73 Å². The zero-order valence-corrected chi connectivity index (χ0v) is 8.57. The van der Waals surface area contributed by atoms with Crippen LogP contribution in [0.5, 0.6) is 5.75 Å². The minimum atomic E-state index is -0.444. The molecule has 2 aliphatic rings. The smallest absolute Gasteiger partial charge is 0.125 e. The predicted octanol–water partition coefficient (Wildman–Crippen LogP) is 0.928. The first-order valence-corrected chi connectivity index (χ1v) is 5.46. The van der Waals surface area contributed by atoms with Crippen molar-refractivity contribution in [3.05, 3.63) is 28.8 Å². The Morgan fingerprint density at radius 1 is 1.33 bits per heavy atom. The number of nitrogens with two attached hydrogens (primary N) is 1. The molecule has 0 saturated carbocycles. The molecule has 3 heteroatoms. The summed E-state index contributed by atoms with van der Waals surface area (Å²) in [5, 5.41) is 9.69. The summed E-state index contributed by atoms with van der Waals surface area (Å²) >= 11 is 0. The molecule has 1 aromatic rings. The first-order valence-electron chi connectivity index (χ1n) is 5.46. The Kier molecular flexibility index (Phi) is 1.97.